The van der Waals surface area contributed by atoms with Gasteiger partial charge in [0.25, 0.3) is 17.1 Å². The van der Waals surface area contributed by atoms with E-state index in [-0.39, 0.29) is 24.0 Å². The SMILES string of the molecule is O=C(CN1C(=O)S/C(=C/c2ccc(OCC(=O)N3CCOCC3)cc2)C1=O)Nc1ccc(I)cc1. The number of nitrogens with one attached hydrogen (secondary N) is 1. The molecule has 2 aromatic rings. The highest BCUT2D eigenvalue weighted by Gasteiger charge is 2.36. The molecular weight excluding hydrogens is 585 g/mol. The number of ether oxygens (including phenoxy) is 2. The Morgan fingerprint density at radius 2 is 1.74 bits per heavy atom. The van der Waals surface area contributed by atoms with Crippen molar-refractivity contribution in [2.45, 2.75) is 0 Å². The van der Waals surface area contributed by atoms with E-state index in [1.165, 1.54) is 0 Å². The van der Waals surface area contributed by atoms with E-state index in [0.717, 1.165) is 20.2 Å². The fourth-order valence-electron chi connectivity index (χ4n) is 3.37. The van der Waals surface area contributed by atoms with Crippen LogP contribution in [-0.2, 0) is 19.1 Å². The maximum atomic E-state index is 12.7. The molecule has 2 aliphatic heterocycles. The summed E-state index contributed by atoms with van der Waals surface area (Å²) < 4.78 is 11.8. The van der Waals surface area contributed by atoms with Crippen LogP contribution in [0.4, 0.5) is 10.5 Å². The lowest BCUT2D eigenvalue weighted by molar-refractivity contribution is -0.137. The van der Waals surface area contributed by atoms with Crippen LogP contribution in [0.1, 0.15) is 5.56 Å². The summed E-state index contributed by atoms with van der Waals surface area (Å²) in [5.74, 6) is -0.557. The predicted octanol–water partition coefficient (Wildman–Crippen LogP) is 3.20. The first kappa shape index (κ1) is 25.2. The van der Waals surface area contributed by atoms with Crippen molar-refractivity contribution in [1.29, 1.82) is 0 Å². The fraction of sp³-hybridized carbons (Fsp3) is 0.250. The number of imide groups is 1. The third-order valence-electron chi connectivity index (χ3n) is 5.21. The lowest BCUT2D eigenvalue weighted by Gasteiger charge is -2.26. The molecule has 9 nitrogen and oxygen atoms in total. The summed E-state index contributed by atoms with van der Waals surface area (Å²) in [5.41, 5.74) is 1.28. The van der Waals surface area contributed by atoms with E-state index in [1.54, 1.807) is 47.4 Å². The van der Waals surface area contributed by atoms with E-state index in [1.807, 2.05) is 12.1 Å². The minimum atomic E-state index is -0.519. The number of thioether (sulfide) groups is 1. The average molecular weight is 607 g/mol. The highest BCUT2D eigenvalue weighted by Crippen LogP contribution is 2.32. The molecule has 0 aliphatic carbocycles. The highest BCUT2D eigenvalue weighted by molar-refractivity contribution is 14.1. The quantitative estimate of drug-likeness (QED) is 0.381. The second-order valence-electron chi connectivity index (χ2n) is 7.67. The third kappa shape index (κ3) is 6.83. The van der Waals surface area contributed by atoms with E-state index in [9.17, 15) is 19.2 Å². The van der Waals surface area contributed by atoms with E-state index in [2.05, 4.69) is 27.9 Å². The summed E-state index contributed by atoms with van der Waals surface area (Å²) in [5, 5.41) is 2.18. The molecule has 4 rings (SSSR count). The molecule has 35 heavy (non-hydrogen) atoms. The molecule has 2 heterocycles. The minimum Gasteiger partial charge on any atom is -0.484 e. The van der Waals surface area contributed by atoms with Crippen LogP contribution in [0.15, 0.2) is 53.4 Å². The molecule has 182 valence electrons. The highest BCUT2D eigenvalue weighted by atomic mass is 127. The van der Waals surface area contributed by atoms with Crippen molar-refractivity contribution in [3.63, 3.8) is 0 Å². The fourth-order valence-corrected chi connectivity index (χ4v) is 4.57. The second kappa shape index (κ2) is 11.7. The van der Waals surface area contributed by atoms with Gasteiger partial charge in [0.2, 0.25) is 5.91 Å². The molecule has 2 aliphatic rings. The molecule has 11 heteroatoms. The maximum absolute atomic E-state index is 12.7. The molecule has 0 atom stereocenters. The molecule has 0 radical (unpaired) electrons. The van der Waals surface area contributed by atoms with E-state index in [0.29, 0.717) is 43.3 Å². The topological polar surface area (TPSA) is 105 Å². The smallest absolute Gasteiger partial charge is 0.294 e. The van der Waals surface area contributed by atoms with Gasteiger partial charge in [-0.3, -0.25) is 24.1 Å². The largest absolute Gasteiger partial charge is 0.484 e. The van der Waals surface area contributed by atoms with Gasteiger partial charge in [0.05, 0.1) is 18.1 Å². The Kier molecular flexibility index (Phi) is 8.42. The Hall–Kier alpha value is -2.90. The van der Waals surface area contributed by atoms with E-state index in [4.69, 9.17) is 9.47 Å². The number of nitrogens with zero attached hydrogens (tertiary/aromatic N) is 2. The first-order valence-corrected chi connectivity index (χ1v) is 12.7. The molecule has 0 saturated carbocycles. The van der Waals surface area contributed by atoms with E-state index < -0.39 is 17.1 Å². The van der Waals surface area contributed by atoms with Crippen LogP contribution in [0.5, 0.6) is 5.75 Å². The standard InChI is InChI=1S/C24H22IN3O6S/c25-17-3-5-18(6-4-17)26-21(29)14-28-23(31)20(35-24(28)32)13-16-1-7-19(8-2-16)34-15-22(30)27-9-11-33-12-10-27/h1-8,13H,9-12,14-15H2,(H,26,29)/b20-13+. The number of benzene rings is 2. The van der Waals surface area contributed by atoms with Gasteiger partial charge < -0.3 is 19.7 Å². The molecule has 0 spiro atoms. The van der Waals surface area contributed by atoms with Gasteiger partial charge in [0.1, 0.15) is 12.3 Å². The van der Waals surface area contributed by atoms with Crippen molar-refractivity contribution in [2.75, 3.05) is 44.8 Å². The van der Waals surface area contributed by atoms with Crippen LogP contribution in [0, 0.1) is 3.57 Å². The third-order valence-corrected chi connectivity index (χ3v) is 6.83. The van der Waals surface area contributed by atoms with Crippen molar-refractivity contribution in [2.24, 2.45) is 0 Å². The number of rotatable bonds is 7. The number of amides is 4. The zero-order valence-corrected chi connectivity index (χ0v) is 21.5. The van der Waals surface area contributed by atoms with Gasteiger partial charge in [-0.15, -0.1) is 0 Å². The van der Waals surface area contributed by atoms with Crippen molar-refractivity contribution < 1.29 is 28.7 Å². The van der Waals surface area contributed by atoms with Crippen molar-refractivity contribution in [3.8, 4) is 5.75 Å². The van der Waals surface area contributed by atoms with Crippen LogP contribution < -0.4 is 10.1 Å². The number of hydrogen-bond donors (Lipinski definition) is 1. The molecule has 1 N–H and O–H groups in total. The van der Waals surface area contributed by atoms with Gasteiger partial charge in [-0.25, -0.2) is 0 Å². The number of halogens is 1. The Morgan fingerprint density at radius 3 is 2.43 bits per heavy atom. The molecule has 2 aromatic carbocycles. The average Bonchev–Trinajstić information content (AvgIpc) is 3.12. The molecule has 0 bridgehead atoms. The molecule has 0 unspecified atom stereocenters. The summed E-state index contributed by atoms with van der Waals surface area (Å²) >= 11 is 2.95. The molecule has 2 fully saturated rings. The Balaban J connectivity index is 1.31. The number of anilines is 1. The van der Waals surface area contributed by atoms with Gasteiger partial charge in [0, 0.05) is 22.3 Å². The van der Waals surface area contributed by atoms with Crippen LogP contribution in [0.25, 0.3) is 6.08 Å². The minimum absolute atomic E-state index is 0.0669. The molecule has 2 saturated heterocycles. The van der Waals surface area contributed by atoms with Gasteiger partial charge in [0.15, 0.2) is 6.61 Å². The van der Waals surface area contributed by atoms with Gasteiger partial charge in [-0.05, 0) is 82.4 Å². The molecule has 4 amide bonds. The lowest BCUT2D eigenvalue weighted by atomic mass is 10.2. The van der Waals surface area contributed by atoms with Crippen molar-refractivity contribution in [3.05, 3.63) is 62.6 Å². The number of morpholine rings is 1. The first-order chi connectivity index (χ1) is 16.9. The van der Waals surface area contributed by atoms with Crippen LogP contribution >= 0.6 is 34.4 Å². The zero-order valence-electron chi connectivity index (χ0n) is 18.6. The summed E-state index contributed by atoms with van der Waals surface area (Å²) in [4.78, 5) is 52.4. The number of carbonyl (C=O) groups excluding carboxylic acids is 4. The monoisotopic (exact) mass is 607 g/mol. The normalized spacial score (nSPS) is 17.1. The second-order valence-corrected chi connectivity index (χ2v) is 9.91. The van der Waals surface area contributed by atoms with Crippen molar-refractivity contribution >= 4 is 69.1 Å². The summed E-state index contributed by atoms with van der Waals surface area (Å²) in [7, 11) is 0. The Morgan fingerprint density at radius 1 is 1.06 bits per heavy atom. The Bertz CT molecular complexity index is 1150. The van der Waals surface area contributed by atoms with Crippen LogP contribution in [0.2, 0.25) is 0 Å². The van der Waals surface area contributed by atoms with Gasteiger partial charge in [-0.2, -0.15) is 0 Å². The van der Waals surface area contributed by atoms with Crippen molar-refractivity contribution in [1.82, 2.24) is 9.80 Å². The van der Waals surface area contributed by atoms with E-state index >= 15 is 0 Å². The summed E-state index contributed by atoms with van der Waals surface area (Å²) in [6.45, 7) is 1.75. The summed E-state index contributed by atoms with van der Waals surface area (Å²) in [6.07, 6.45) is 1.59. The molecule has 0 aromatic heterocycles. The lowest BCUT2D eigenvalue weighted by Crippen LogP contribution is -2.42. The van der Waals surface area contributed by atoms with Crippen LogP contribution in [-0.4, -0.2) is 72.2 Å². The maximum Gasteiger partial charge on any atom is 0.294 e. The van der Waals surface area contributed by atoms with Gasteiger partial charge in [-0.1, -0.05) is 12.1 Å². The number of hydrogen-bond acceptors (Lipinski definition) is 7. The van der Waals surface area contributed by atoms with Crippen LogP contribution in [0.3, 0.4) is 0 Å². The first-order valence-electron chi connectivity index (χ1n) is 10.8. The van der Waals surface area contributed by atoms with Gasteiger partial charge >= 0.3 is 0 Å². The number of carbonyl (C=O) groups is 4. The zero-order chi connectivity index (χ0) is 24.8. The predicted molar refractivity (Wildman–Crippen MR) is 140 cm³/mol. The molecular formula is C24H22IN3O6S. The Labute approximate surface area is 219 Å². The summed E-state index contributed by atoms with van der Waals surface area (Å²) in [6, 6.07) is 14.0.